The van der Waals surface area contributed by atoms with Crippen molar-refractivity contribution in [1.82, 2.24) is 9.38 Å². The van der Waals surface area contributed by atoms with Crippen LogP contribution in [-0.4, -0.2) is 9.38 Å². The highest BCUT2D eigenvalue weighted by Gasteiger charge is 2.06. The first-order chi connectivity index (χ1) is 8.24. The molecule has 0 atom stereocenters. The lowest BCUT2D eigenvalue weighted by molar-refractivity contribution is 1.16. The lowest BCUT2D eigenvalue weighted by Crippen LogP contribution is -1.88. The molecule has 0 aliphatic rings. The summed E-state index contributed by atoms with van der Waals surface area (Å²) in [5.41, 5.74) is 2.09. The number of fused-ring (bicyclic) bond motifs is 1. The van der Waals surface area contributed by atoms with Gasteiger partial charge in [0.05, 0.1) is 16.7 Å². The summed E-state index contributed by atoms with van der Waals surface area (Å²) in [4.78, 5) is 4.43. The Labute approximate surface area is 112 Å². The fourth-order valence-electron chi connectivity index (χ4n) is 1.81. The molecule has 2 nitrogen and oxygen atoms in total. The van der Waals surface area contributed by atoms with E-state index in [0.717, 1.165) is 21.4 Å². The smallest absolute Gasteiger partial charge is 0.144 e. The maximum Gasteiger partial charge on any atom is 0.144 e. The quantitative estimate of drug-likeness (QED) is 0.650. The SMILES string of the molecule is Clc1ccc2cnc(-c3cccc(Br)c3)n2c1. The lowest BCUT2D eigenvalue weighted by Gasteiger charge is -2.02. The van der Waals surface area contributed by atoms with E-state index < -0.39 is 0 Å². The van der Waals surface area contributed by atoms with Crippen molar-refractivity contribution in [2.45, 2.75) is 0 Å². The van der Waals surface area contributed by atoms with Crippen LogP contribution in [0.5, 0.6) is 0 Å². The van der Waals surface area contributed by atoms with E-state index >= 15 is 0 Å². The van der Waals surface area contributed by atoms with E-state index in [-0.39, 0.29) is 0 Å². The molecule has 1 aromatic carbocycles. The highest BCUT2D eigenvalue weighted by molar-refractivity contribution is 9.10. The first-order valence-electron chi connectivity index (χ1n) is 5.12. The normalized spacial score (nSPS) is 10.9. The van der Waals surface area contributed by atoms with Crippen molar-refractivity contribution in [3.63, 3.8) is 0 Å². The molecule has 0 aliphatic heterocycles. The number of pyridine rings is 1. The van der Waals surface area contributed by atoms with Gasteiger partial charge in [0, 0.05) is 16.2 Å². The first kappa shape index (κ1) is 10.8. The first-order valence-corrected chi connectivity index (χ1v) is 6.30. The Morgan fingerprint density at radius 3 is 2.88 bits per heavy atom. The van der Waals surface area contributed by atoms with E-state index in [1.165, 1.54) is 0 Å². The molecule has 84 valence electrons. The van der Waals surface area contributed by atoms with Crippen LogP contribution in [0.15, 0.2) is 53.3 Å². The van der Waals surface area contributed by atoms with Gasteiger partial charge in [-0.2, -0.15) is 0 Å². The second-order valence-corrected chi connectivity index (χ2v) is 5.09. The molecule has 0 N–H and O–H groups in total. The van der Waals surface area contributed by atoms with Crippen molar-refractivity contribution in [3.8, 4) is 11.4 Å². The largest absolute Gasteiger partial charge is 0.298 e. The molecule has 0 aliphatic carbocycles. The van der Waals surface area contributed by atoms with Gasteiger partial charge in [0.15, 0.2) is 0 Å². The van der Waals surface area contributed by atoms with Gasteiger partial charge in [0.2, 0.25) is 0 Å². The molecule has 0 radical (unpaired) electrons. The summed E-state index contributed by atoms with van der Waals surface area (Å²) < 4.78 is 3.03. The number of aromatic nitrogens is 2. The molecule has 2 heterocycles. The van der Waals surface area contributed by atoms with E-state index in [4.69, 9.17) is 11.6 Å². The third-order valence-electron chi connectivity index (χ3n) is 2.57. The third kappa shape index (κ3) is 1.96. The van der Waals surface area contributed by atoms with Crippen LogP contribution in [0.3, 0.4) is 0 Å². The monoisotopic (exact) mass is 306 g/mol. The van der Waals surface area contributed by atoms with Crippen molar-refractivity contribution in [2.24, 2.45) is 0 Å². The molecule has 17 heavy (non-hydrogen) atoms. The highest BCUT2D eigenvalue weighted by Crippen LogP contribution is 2.24. The second-order valence-electron chi connectivity index (χ2n) is 3.73. The standard InChI is InChI=1S/C13H8BrClN2/c14-10-3-1-2-9(6-10)13-16-7-12-5-4-11(15)8-17(12)13/h1-8H. The van der Waals surface area contributed by atoms with Gasteiger partial charge in [-0.15, -0.1) is 0 Å². The molecule has 0 spiro atoms. The third-order valence-corrected chi connectivity index (χ3v) is 3.29. The van der Waals surface area contributed by atoms with Crippen LogP contribution in [0.25, 0.3) is 16.9 Å². The molecule has 0 fully saturated rings. The van der Waals surface area contributed by atoms with Gasteiger partial charge in [-0.25, -0.2) is 4.98 Å². The molecule has 2 aromatic heterocycles. The maximum absolute atomic E-state index is 6.01. The summed E-state index contributed by atoms with van der Waals surface area (Å²) in [5.74, 6) is 0.892. The van der Waals surface area contributed by atoms with Crippen LogP contribution >= 0.6 is 27.5 Å². The van der Waals surface area contributed by atoms with Crippen molar-refractivity contribution >= 4 is 33.0 Å². The number of halogens is 2. The van der Waals surface area contributed by atoms with Gasteiger partial charge in [0.25, 0.3) is 0 Å². The van der Waals surface area contributed by atoms with Gasteiger partial charge in [-0.1, -0.05) is 39.7 Å². The summed E-state index contributed by atoms with van der Waals surface area (Å²) in [7, 11) is 0. The number of nitrogens with zero attached hydrogens (tertiary/aromatic N) is 2. The number of hydrogen-bond acceptors (Lipinski definition) is 1. The molecule has 0 amide bonds. The minimum atomic E-state index is 0.701. The number of imidazole rings is 1. The van der Waals surface area contributed by atoms with Crippen molar-refractivity contribution in [3.05, 3.63) is 58.3 Å². The van der Waals surface area contributed by atoms with Crippen LogP contribution in [0.2, 0.25) is 5.02 Å². The molecular weight excluding hydrogens is 300 g/mol. The zero-order valence-corrected chi connectivity index (χ0v) is 11.1. The minimum Gasteiger partial charge on any atom is -0.298 e. The van der Waals surface area contributed by atoms with Gasteiger partial charge in [-0.3, -0.25) is 4.40 Å². The topological polar surface area (TPSA) is 17.3 Å². The Morgan fingerprint density at radius 2 is 2.06 bits per heavy atom. The Morgan fingerprint density at radius 1 is 1.18 bits per heavy atom. The highest BCUT2D eigenvalue weighted by atomic mass is 79.9. The molecule has 0 unspecified atom stereocenters. The van der Waals surface area contributed by atoms with Crippen LogP contribution < -0.4 is 0 Å². The van der Waals surface area contributed by atoms with Crippen LogP contribution in [-0.2, 0) is 0 Å². The van der Waals surface area contributed by atoms with Crippen molar-refractivity contribution in [2.75, 3.05) is 0 Å². The summed E-state index contributed by atoms with van der Waals surface area (Å²) in [6.07, 6.45) is 3.71. The molecule has 4 heteroatoms. The Hall–Kier alpha value is -1.32. The lowest BCUT2D eigenvalue weighted by atomic mass is 10.2. The molecule has 0 saturated carbocycles. The summed E-state index contributed by atoms with van der Waals surface area (Å²) >= 11 is 9.47. The molecule has 3 aromatic rings. The van der Waals surface area contributed by atoms with Gasteiger partial charge >= 0.3 is 0 Å². The molecule has 0 bridgehead atoms. The Kier molecular flexibility index (Phi) is 2.65. The summed E-state index contributed by atoms with van der Waals surface area (Å²) in [5, 5.41) is 0.701. The van der Waals surface area contributed by atoms with Crippen LogP contribution in [0, 0.1) is 0 Å². The minimum absolute atomic E-state index is 0.701. The van der Waals surface area contributed by atoms with Gasteiger partial charge in [0.1, 0.15) is 5.82 Å². The van der Waals surface area contributed by atoms with Crippen molar-refractivity contribution in [1.29, 1.82) is 0 Å². The van der Waals surface area contributed by atoms with E-state index in [1.807, 2.05) is 53.2 Å². The summed E-state index contributed by atoms with van der Waals surface area (Å²) in [6, 6.07) is 11.9. The molecule has 3 rings (SSSR count). The zero-order chi connectivity index (χ0) is 11.8. The fraction of sp³-hybridized carbons (Fsp3) is 0. The number of rotatable bonds is 1. The van der Waals surface area contributed by atoms with Crippen molar-refractivity contribution < 1.29 is 0 Å². The average Bonchev–Trinajstić information content (AvgIpc) is 2.71. The number of hydrogen-bond donors (Lipinski definition) is 0. The zero-order valence-electron chi connectivity index (χ0n) is 8.77. The van der Waals surface area contributed by atoms with E-state index in [0.29, 0.717) is 5.02 Å². The number of benzene rings is 1. The predicted octanol–water partition coefficient (Wildman–Crippen LogP) is 4.42. The van der Waals surface area contributed by atoms with Gasteiger partial charge < -0.3 is 0 Å². The van der Waals surface area contributed by atoms with Gasteiger partial charge in [-0.05, 0) is 24.3 Å². The average molecular weight is 308 g/mol. The maximum atomic E-state index is 6.01. The fourth-order valence-corrected chi connectivity index (χ4v) is 2.37. The van der Waals surface area contributed by atoms with E-state index in [9.17, 15) is 0 Å². The second kappa shape index (κ2) is 4.17. The van der Waals surface area contributed by atoms with Crippen LogP contribution in [0.4, 0.5) is 0 Å². The van der Waals surface area contributed by atoms with Crippen LogP contribution in [0.1, 0.15) is 0 Å². The Balaban J connectivity index is 2.27. The Bertz CT molecular complexity index is 691. The van der Waals surface area contributed by atoms with E-state index in [1.54, 1.807) is 0 Å². The predicted molar refractivity (Wildman–Crippen MR) is 73.3 cm³/mol. The summed E-state index contributed by atoms with van der Waals surface area (Å²) in [6.45, 7) is 0. The molecular formula is C13H8BrClN2. The van der Waals surface area contributed by atoms with E-state index in [2.05, 4.69) is 20.9 Å². The molecule has 0 saturated heterocycles.